The van der Waals surface area contributed by atoms with E-state index in [9.17, 15) is 22.7 Å². The molecule has 0 spiro atoms. The van der Waals surface area contributed by atoms with Crippen molar-refractivity contribution in [2.24, 2.45) is 0 Å². The van der Waals surface area contributed by atoms with Crippen LogP contribution in [0, 0.1) is 10.1 Å². The van der Waals surface area contributed by atoms with Crippen molar-refractivity contribution in [3.05, 3.63) is 28.3 Å². The average molecular weight is 333 g/mol. The first-order chi connectivity index (χ1) is 9.86. The van der Waals surface area contributed by atoms with Gasteiger partial charge in [-0.1, -0.05) is 0 Å². The summed E-state index contributed by atoms with van der Waals surface area (Å²) in [5, 5.41) is 13.9. The minimum absolute atomic E-state index is 0.111. The fourth-order valence-electron chi connectivity index (χ4n) is 2.03. The van der Waals surface area contributed by atoms with Gasteiger partial charge >= 0.3 is 0 Å². The molecular weight excluding hydrogens is 318 g/mol. The van der Waals surface area contributed by atoms with Crippen LogP contribution in [0.15, 0.2) is 23.1 Å². The van der Waals surface area contributed by atoms with Gasteiger partial charge in [0.15, 0.2) is 4.90 Å². The summed E-state index contributed by atoms with van der Waals surface area (Å²) in [6.45, 7) is 0.222. The largest absolute Gasteiger partial charge is 0.388 e. The van der Waals surface area contributed by atoms with E-state index in [1.165, 1.54) is 18.2 Å². The summed E-state index contributed by atoms with van der Waals surface area (Å²) in [4.78, 5) is 10.1. The molecule has 0 amide bonds. The topological polar surface area (TPSA) is 110 Å². The molecule has 0 saturated carbocycles. The molecule has 1 aromatic rings. The van der Waals surface area contributed by atoms with Gasteiger partial charge in [0.1, 0.15) is 0 Å². The number of nitrogens with one attached hydrogen (secondary N) is 1. The summed E-state index contributed by atoms with van der Waals surface area (Å²) in [5.74, 6) is 0.503. The lowest BCUT2D eigenvalue weighted by Gasteiger charge is -2.25. The zero-order valence-electron chi connectivity index (χ0n) is 11.3. The van der Waals surface area contributed by atoms with Gasteiger partial charge in [-0.25, -0.2) is 8.42 Å². The molecule has 0 bridgehead atoms. The highest BCUT2D eigenvalue weighted by Gasteiger charge is 2.33. The van der Waals surface area contributed by atoms with Gasteiger partial charge < -0.3 is 5.32 Å². The highest BCUT2D eigenvalue weighted by atomic mass is 32.2. The maximum atomic E-state index is 12.5. The second kappa shape index (κ2) is 6.08. The lowest BCUT2D eigenvalue weighted by molar-refractivity contribution is -0.387. The van der Waals surface area contributed by atoms with Crippen LogP contribution in [0.1, 0.15) is 0 Å². The van der Waals surface area contributed by atoms with E-state index in [2.05, 4.69) is 5.32 Å². The van der Waals surface area contributed by atoms with Gasteiger partial charge in [0.05, 0.1) is 4.92 Å². The number of nitro benzene ring substituents is 1. The number of anilines is 1. The predicted octanol–water partition coefficient (Wildman–Crippen LogP) is 0.390. The van der Waals surface area contributed by atoms with Crippen molar-refractivity contribution < 1.29 is 17.6 Å². The maximum absolute atomic E-state index is 12.5. The van der Waals surface area contributed by atoms with Crippen LogP contribution in [-0.4, -0.2) is 53.5 Å². The van der Waals surface area contributed by atoms with E-state index < -0.39 is 31.4 Å². The normalized spacial score (nSPS) is 17.6. The monoisotopic (exact) mass is 333 g/mol. The van der Waals surface area contributed by atoms with Crippen molar-refractivity contribution in [1.82, 2.24) is 4.31 Å². The van der Waals surface area contributed by atoms with Crippen molar-refractivity contribution in [3.8, 4) is 0 Å². The maximum Gasteiger partial charge on any atom is 0.291 e. The molecular formula is C11H15N3O5S2. The van der Waals surface area contributed by atoms with Crippen LogP contribution in [-0.2, 0) is 20.8 Å². The number of benzene rings is 1. The molecule has 116 valence electrons. The lowest BCUT2D eigenvalue weighted by Crippen LogP contribution is -2.41. The van der Waals surface area contributed by atoms with Crippen molar-refractivity contribution >= 4 is 32.2 Å². The van der Waals surface area contributed by atoms with Gasteiger partial charge in [-0.3, -0.25) is 14.3 Å². The second-order valence-electron chi connectivity index (χ2n) is 4.44. The van der Waals surface area contributed by atoms with Crippen molar-refractivity contribution in [2.75, 3.05) is 37.0 Å². The Bertz CT molecular complexity index is 679. The first kappa shape index (κ1) is 15.9. The van der Waals surface area contributed by atoms with Gasteiger partial charge in [0.2, 0.25) is 10.0 Å². The fourth-order valence-corrected chi connectivity index (χ4v) is 4.90. The van der Waals surface area contributed by atoms with Crippen LogP contribution in [0.3, 0.4) is 0 Å². The SMILES string of the molecule is CNc1ccc(S(=O)(=O)N2CCS(=O)CC2)c([N+](=O)[O-])c1. The van der Waals surface area contributed by atoms with Crippen molar-refractivity contribution in [1.29, 1.82) is 0 Å². The molecule has 1 N–H and O–H groups in total. The number of hydrogen-bond donors (Lipinski definition) is 1. The van der Waals surface area contributed by atoms with Crippen LogP contribution >= 0.6 is 0 Å². The molecule has 0 unspecified atom stereocenters. The molecule has 1 aliphatic rings. The highest BCUT2D eigenvalue weighted by Crippen LogP contribution is 2.29. The Morgan fingerprint density at radius 2 is 1.95 bits per heavy atom. The van der Waals surface area contributed by atoms with E-state index in [0.29, 0.717) is 5.69 Å². The summed E-state index contributed by atoms with van der Waals surface area (Å²) in [5.41, 5.74) is -0.00561. The van der Waals surface area contributed by atoms with Crippen LogP contribution in [0.2, 0.25) is 0 Å². The molecule has 0 aromatic heterocycles. The molecule has 1 heterocycles. The average Bonchev–Trinajstić information content (AvgIpc) is 2.47. The van der Waals surface area contributed by atoms with Crippen molar-refractivity contribution in [3.63, 3.8) is 0 Å². The van der Waals surface area contributed by atoms with E-state index in [-0.39, 0.29) is 29.5 Å². The number of nitrogens with zero attached hydrogens (tertiary/aromatic N) is 2. The zero-order valence-corrected chi connectivity index (χ0v) is 12.9. The summed E-state index contributed by atoms with van der Waals surface area (Å²) in [6, 6.07) is 3.89. The Kier molecular flexibility index (Phi) is 4.59. The second-order valence-corrected chi connectivity index (χ2v) is 8.04. The number of nitro groups is 1. The smallest absolute Gasteiger partial charge is 0.291 e. The quantitative estimate of drug-likeness (QED) is 0.630. The van der Waals surface area contributed by atoms with Gasteiger partial charge in [-0.2, -0.15) is 4.31 Å². The molecule has 2 rings (SSSR count). The summed E-state index contributed by atoms with van der Waals surface area (Å²) in [6.07, 6.45) is 0. The van der Waals surface area contributed by atoms with Crippen LogP contribution < -0.4 is 5.32 Å². The minimum atomic E-state index is -3.96. The Hall–Kier alpha value is -1.52. The van der Waals surface area contributed by atoms with Crippen LogP contribution in [0.4, 0.5) is 11.4 Å². The Balaban J connectivity index is 2.44. The van der Waals surface area contributed by atoms with Crippen LogP contribution in [0.25, 0.3) is 0 Å². The summed E-state index contributed by atoms with van der Waals surface area (Å²) in [7, 11) is -3.39. The van der Waals surface area contributed by atoms with Gasteiger partial charge in [0, 0.05) is 54.2 Å². The molecule has 1 aliphatic heterocycles. The molecule has 0 atom stereocenters. The number of sulfonamides is 1. The van der Waals surface area contributed by atoms with E-state index in [1.807, 2.05) is 0 Å². The predicted molar refractivity (Wildman–Crippen MR) is 79.3 cm³/mol. The zero-order chi connectivity index (χ0) is 15.6. The Morgan fingerprint density at radius 3 is 2.48 bits per heavy atom. The highest BCUT2D eigenvalue weighted by molar-refractivity contribution is 7.89. The molecule has 1 aromatic carbocycles. The summed E-state index contributed by atoms with van der Waals surface area (Å²) >= 11 is 0. The van der Waals surface area contributed by atoms with E-state index >= 15 is 0 Å². The molecule has 0 aliphatic carbocycles. The molecule has 1 saturated heterocycles. The first-order valence-electron chi connectivity index (χ1n) is 6.17. The molecule has 21 heavy (non-hydrogen) atoms. The van der Waals surface area contributed by atoms with Gasteiger partial charge in [-0.15, -0.1) is 0 Å². The number of rotatable bonds is 4. The third-order valence-electron chi connectivity index (χ3n) is 3.20. The third kappa shape index (κ3) is 3.22. The standard InChI is InChI=1S/C11H15N3O5S2/c1-12-9-2-3-11(10(8-9)14(15)16)21(18,19)13-4-6-20(17)7-5-13/h2-3,8,12H,4-7H2,1H3. The first-order valence-corrected chi connectivity index (χ1v) is 9.10. The molecule has 10 heteroatoms. The van der Waals surface area contributed by atoms with Gasteiger partial charge in [0.25, 0.3) is 5.69 Å². The van der Waals surface area contributed by atoms with E-state index in [1.54, 1.807) is 7.05 Å². The van der Waals surface area contributed by atoms with E-state index in [4.69, 9.17) is 0 Å². The molecule has 1 fully saturated rings. The fraction of sp³-hybridized carbons (Fsp3) is 0.455. The number of hydrogen-bond acceptors (Lipinski definition) is 6. The Labute approximate surface area is 124 Å². The van der Waals surface area contributed by atoms with Crippen molar-refractivity contribution in [2.45, 2.75) is 4.90 Å². The molecule has 0 radical (unpaired) electrons. The molecule has 8 nitrogen and oxygen atoms in total. The minimum Gasteiger partial charge on any atom is -0.388 e. The van der Waals surface area contributed by atoms with Gasteiger partial charge in [-0.05, 0) is 12.1 Å². The lowest BCUT2D eigenvalue weighted by atomic mass is 10.3. The summed E-state index contributed by atoms with van der Waals surface area (Å²) < 4.78 is 37.5. The van der Waals surface area contributed by atoms with E-state index in [0.717, 1.165) is 4.31 Å². The van der Waals surface area contributed by atoms with Crippen LogP contribution in [0.5, 0.6) is 0 Å². The Morgan fingerprint density at radius 1 is 1.33 bits per heavy atom. The third-order valence-corrected chi connectivity index (χ3v) is 6.42.